The Morgan fingerprint density at radius 3 is 2.48 bits per heavy atom. The SMILES string of the molecule is C[C@@H]1CC(C)(C)C[C@]2(C1)NC(=O)N(CC(=O)Nc1ccc(C(=O)c3nccn3C)cc1)C2=O. The van der Waals surface area contributed by atoms with E-state index in [0.29, 0.717) is 35.8 Å². The van der Waals surface area contributed by atoms with Crippen LogP contribution in [0.2, 0.25) is 0 Å². The molecule has 0 unspecified atom stereocenters. The number of hydrogen-bond acceptors (Lipinski definition) is 5. The number of nitrogens with one attached hydrogen (secondary N) is 2. The highest BCUT2D eigenvalue weighted by Crippen LogP contribution is 2.46. The van der Waals surface area contributed by atoms with Gasteiger partial charge in [-0.2, -0.15) is 0 Å². The molecule has 4 amide bonds. The number of aromatic nitrogens is 2. The van der Waals surface area contributed by atoms with Gasteiger partial charge in [0.25, 0.3) is 5.91 Å². The number of imide groups is 1. The number of urea groups is 1. The Morgan fingerprint density at radius 2 is 1.88 bits per heavy atom. The highest BCUT2D eigenvalue weighted by molar-refractivity contribution is 6.10. The van der Waals surface area contributed by atoms with Crippen LogP contribution >= 0.6 is 0 Å². The third kappa shape index (κ3) is 4.40. The fourth-order valence-corrected chi connectivity index (χ4v) is 5.41. The molecule has 1 spiro atoms. The molecule has 33 heavy (non-hydrogen) atoms. The largest absolute Gasteiger partial charge is 0.331 e. The number of ketones is 1. The fourth-order valence-electron chi connectivity index (χ4n) is 5.41. The zero-order valence-electron chi connectivity index (χ0n) is 19.3. The van der Waals surface area contributed by atoms with Gasteiger partial charge in [-0.25, -0.2) is 9.78 Å². The van der Waals surface area contributed by atoms with Crippen molar-refractivity contribution in [3.8, 4) is 0 Å². The van der Waals surface area contributed by atoms with Gasteiger partial charge in [0.1, 0.15) is 12.1 Å². The molecule has 1 aromatic heterocycles. The van der Waals surface area contributed by atoms with E-state index in [4.69, 9.17) is 0 Å². The molecule has 1 aliphatic carbocycles. The van der Waals surface area contributed by atoms with Crippen LogP contribution in [0.4, 0.5) is 10.5 Å². The van der Waals surface area contributed by atoms with E-state index in [1.54, 1.807) is 48.3 Å². The Kier molecular flexibility index (Phi) is 5.59. The average molecular weight is 452 g/mol. The Balaban J connectivity index is 1.41. The molecule has 0 radical (unpaired) electrons. The quantitative estimate of drug-likeness (QED) is 0.536. The summed E-state index contributed by atoms with van der Waals surface area (Å²) in [7, 11) is 1.74. The number of benzene rings is 1. The topological polar surface area (TPSA) is 113 Å². The highest BCUT2D eigenvalue weighted by Gasteiger charge is 2.56. The zero-order chi connectivity index (χ0) is 24.0. The van der Waals surface area contributed by atoms with Crippen molar-refractivity contribution >= 4 is 29.3 Å². The fraction of sp³-hybridized carbons (Fsp3) is 0.458. The first-order chi connectivity index (χ1) is 15.5. The van der Waals surface area contributed by atoms with E-state index in [0.717, 1.165) is 11.3 Å². The number of aryl methyl sites for hydroxylation is 1. The summed E-state index contributed by atoms with van der Waals surface area (Å²) in [4.78, 5) is 56.0. The third-order valence-corrected chi connectivity index (χ3v) is 6.38. The molecule has 1 aromatic carbocycles. The molecule has 174 valence electrons. The minimum Gasteiger partial charge on any atom is -0.331 e. The van der Waals surface area contributed by atoms with Gasteiger partial charge in [0.2, 0.25) is 11.7 Å². The normalized spacial score (nSPS) is 24.1. The minimum atomic E-state index is -0.939. The molecule has 2 N–H and O–H groups in total. The summed E-state index contributed by atoms with van der Waals surface area (Å²) in [6, 6.07) is 5.87. The lowest BCUT2D eigenvalue weighted by Crippen LogP contribution is -2.54. The maximum atomic E-state index is 13.2. The lowest BCUT2D eigenvalue weighted by molar-refractivity contribution is -0.136. The molecule has 1 saturated heterocycles. The molecular formula is C24H29N5O4. The van der Waals surface area contributed by atoms with E-state index in [1.165, 1.54) is 0 Å². The predicted molar refractivity (Wildman–Crippen MR) is 121 cm³/mol. The van der Waals surface area contributed by atoms with Gasteiger partial charge in [-0.15, -0.1) is 0 Å². The van der Waals surface area contributed by atoms with Crippen LogP contribution in [0.15, 0.2) is 36.7 Å². The Bertz CT molecular complexity index is 1120. The first-order valence-electron chi connectivity index (χ1n) is 11.1. The first kappa shape index (κ1) is 22.7. The molecule has 1 saturated carbocycles. The van der Waals surface area contributed by atoms with Gasteiger partial charge < -0.3 is 15.2 Å². The number of imidazole rings is 1. The van der Waals surface area contributed by atoms with Crippen LogP contribution in [0.5, 0.6) is 0 Å². The summed E-state index contributed by atoms with van der Waals surface area (Å²) >= 11 is 0. The molecule has 0 bridgehead atoms. The van der Waals surface area contributed by atoms with Crippen molar-refractivity contribution in [2.24, 2.45) is 18.4 Å². The van der Waals surface area contributed by atoms with Crippen LogP contribution in [-0.2, 0) is 16.6 Å². The van der Waals surface area contributed by atoms with Gasteiger partial charge in [0.15, 0.2) is 5.82 Å². The molecule has 2 aliphatic rings. The summed E-state index contributed by atoms with van der Waals surface area (Å²) in [5.41, 5.74) is -0.114. The highest BCUT2D eigenvalue weighted by atomic mass is 16.2. The molecule has 1 aliphatic heterocycles. The zero-order valence-corrected chi connectivity index (χ0v) is 19.3. The standard InChI is InChI=1S/C24H29N5O4/c1-15-11-23(2,3)14-24(12-15)21(32)29(22(33)27-24)13-18(30)26-17-7-5-16(6-8-17)19(31)20-25-9-10-28(20)4/h5-10,15H,11-14H2,1-4H3,(H,26,30)(H,27,33)/t15-,24+/m1/s1. The number of anilines is 1. The predicted octanol–water partition coefficient (Wildman–Crippen LogP) is 2.73. The van der Waals surface area contributed by atoms with E-state index < -0.39 is 17.5 Å². The second kappa shape index (κ2) is 8.13. The van der Waals surface area contributed by atoms with Gasteiger partial charge >= 0.3 is 6.03 Å². The molecular weight excluding hydrogens is 422 g/mol. The number of amides is 4. The maximum absolute atomic E-state index is 13.2. The van der Waals surface area contributed by atoms with E-state index in [9.17, 15) is 19.2 Å². The Labute approximate surface area is 192 Å². The molecule has 9 nitrogen and oxygen atoms in total. The van der Waals surface area contributed by atoms with E-state index in [2.05, 4.69) is 36.4 Å². The summed E-state index contributed by atoms with van der Waals surface area (Å²) in [6.45, 7) is 5.91. The number of hydrogen-bond donors (Lipinski definition) is 2. The number of nitrogens with zero attached hydrogens (tertiary/aromatic N) is 3. The molecule has 2 fully saturated rings. The lowest BCUT2D eigenvalue weighted by Gasteiger charge is -2.43. The molecule has 2 aromatic rings. The maximum Gasteiger partial charge on any atom is 0.325 e. The number of rotatable bonds is 5. The van der Waals surface area contributed by atoms with Crippen molar-refractivity contribution in [3.05, 3.63) is 48.0 Å². The smallest absolute Gasteiger partial charge is 0.325 e. The summed E-state index contributed by atoms with van der Waals surface area (Å²) < 4.78 is 1.64. The average Bonchev–Trinajstić information content (AvgIpc) is 3.23. The van der Waals surface area contributed by atoms with Gasteiger partial charge in [-0.3, -0.25) is 19.3 Å². The Morgan fingerprint density at radius 1 is 1.18 bits per heavy atom. The van der Waals surface area contributed by atoms with Crippen LogP contribution in [0.1, 0.15) is 56.2 Å². The summed E-state index contributed by atoms with van der Waals surface area (Å²) in [5, 5.41) is 5.57. The van der Waals surface area contributed by atoms with E-state index in [1.807, 2.05) is 0 Å². The van der Waals surface area contributed by atoms with Crippen LogP contribution in [0, 0.1) is 11.3 Å². The van der Waals surface area contributed by atoms with Crippen molar-refractivity contribution in [1.82, 2.24) is 19.8 Å². The minimum absolute atomic E-state index is 0.0764. The molecule has 2 heterocycles. The van der Waals surface area contributed by atoms with Crippen molar-refractivity contribution in [3.63, 3.8) is 0 Å². The lowest BCUT2D eigenvalue weighted by atomic mass is 9.64. The second-order valence-corrected chi connectivity index (χ2v) is 10.1. The van der Waals surface area contributed by atoms with E-state index in [-0.39, 0.29) is 23.7 Å². The summed E-state index contributed by atoms with van der Waals surface area (Å²) in [5.74, 6) is -0.437. The second-order valence-electron chi connectivity index (χ2n) is 10.1. The molecule has 4 rings (SSSR count). The van der Waals surface area contributed by atoms with Crippen molar-refractivity contribution in [2.75, 3.05) is 11.9 Å². The van der Waals surface area contributed by atoms with Gasteiger partial charge in [0, 0.05) is 30.7 Å². The van der Waals surface area contributed by atoms with Crippen LogP contribution in [0.25, 0.3) is 0 Å². The van der Waals surface area contributed by atoms with Gasteiger partial charge in [-0.1, -0.05) is 20.8 Å². The van der Waals surface area contributed by atoms with E-state index >= 15 is 0 Å². The van der Waals surface area contributed by atoms with Crippen molar-refractivity contribution in [2.45, 2.75) is 45.6 Å². The monoisotopic (exact) mass is 451 g/mol. The van der Waals surface area contributed by atoms with Crippen LogP contribution < -0.4 is 10.6 Å². The number of carbonyl (C=O) groups excluding carboxylic acids is 4. The van der Waals surface area contributed by atoms with Crippen LogP contribution in [0.3, 0.4) is 0 Å². The number of carbonyl (C=O) groups is 4. The van der Waals surface area contributed by atoms with Crippen molar-refractivity contribution < 1.29 is 19.2 Å². The molecule has 9 heteroatoms. The Hall–Kier alpha value is -3.49. The van der Waals surface area contributed by atoms with Gasteiger partial charge in [0.05, 0.1) is 0 Å². The third-order valence-electron chi connectivity index (χ3n) is 6.38. The van der Waals surface area contributed by atoms with Crippen molar-refractivity contribution in [1.29, 1.82) is 0 Å². The summed E-state index contributed by atoms with van der Waals surface area (Å²) in [6.07, 6.45) is 5.35. The van der Waals surface area contributed by atoms with Crippen LogP contribution in [-0.4, -0.2) is 50.2 Å². The first-order valence-corrected chi connectivity index (χ1v) is 11.1. The molecule has 2 atom stereocenters. The van der Waals surface area contributed by atoms with Gasteiger partial charge in [-0.05, 0) is 54.9 Å².